The molecular formula is C13H15F2NO5S. The van der Waals surface area contributed by atoms with Gasteiger partial charge in [0.2, 0.25) is 10.0 Å². The number of hydrogen-bond donors (Lipinski definition) is 1. The van der Waals surface area contributed by atoms with Crippen LogP contribution in [0.3, 0.4) is 0 Å². The van der Waals surface area contributed by atoms with Gasteiger partial charge in [0.15, 0.2) is 5.60 Å². The van der Waals surface area contributed by atoms with Gasteiger partial charge < -0.3 is 9.84 Å². The molecule has 22 heavy (non-hydrogen) atoms. The molecule has 1 N–H and O–H groups in total. The topological polar surface area (TPSA) is 83.9 Å². The van der Waals surface area contributed by atoms with Gasteiger partial charge in [-0.1, -0.05) is 6.07 Å². The maximum atomic E-state index is 13.6. The molecular weight excluding hydrogens is 320 g/mol. The molecule has 1 heterocycles. The Kier molecular flexibility index (Phi) is 4.50. The van der Waals surface area contributed by atoms with Crippen molar-refractivity contribution in [3.63, 3.8) is 0 Å². The van der Waals surface area contributed by atoms with E-state index in [1.54, 1.807) is 0 Å². The highest BCUT2D eigenvalue weighted by molar-refractivity contribution is 7.88. The van der Waals surface area contributed by atoms with Crippen LogP contribution in [0.1, 0.15) is 12.0 Å². The molecule has 2 rings (SSSR count). The number of hydrogen-bond acceptors (Lipinski definition) is 4. The van der Waals surface area contributed by atoms with Gasteiger partial charge in [-0.15, -0.1) is 0 Å². The molecule has 0 amide bonds. The lowest BCUT2D eigenvalue weighted by atomic mass is 10.0. The normalized spacial score (nSPS) is 22.9. The number of ether oxygens (including phenoxy) is 1. The molecule has 1 aromatic carbocycles. The smallest absolute Gasteiger partial charge is 0.337 e. The van der Waals surface area contributed by atoms with E-state index in [-0.39, 0.29) is 25.1 Å². The summed E-state index contributed by atoms with van der Waals surface area (Å²) < 4.78 is 56.9. The van der Waals surface area contributed by atoms with Crippen molar-refractivity contribution in [2.45, 2.75) is 17.8 Å². The van der Waals surface area contributed by atoms with Crippen LogP contribution < -0.4 is 0 Å². The van der Waals surface area contributed by atoms with E-state index in [1.807, 2.05) is 0 Å². The summed E-state index contributed by atoms with van der Waals surface area (Å²) in [5, 5.41) is 9.16. The van der Waals surface area contributed by atoms with Crippen molar-refractivity contribution in [2.75, 3.05) is 20.2 Å². The van der Waals surface area contributed by atoms with E-state index in [0.29, 0.717) is 6.07 Å². The summed E-state index contributed by atoms with van der Waals surface area (Å²) in [6.45, 7) is -0.380. The fourth-order valence-corrected chi connectivity index (χ4v) is 3.93. The Balaban J connectivity index is 2.20. The third-order valence-electron chi connectivity index (χ3n) is 3.72. The van der Waals surface area contributed by atoms with Crippen LogP contribution in [0.15, 0.2) is 18.2 Å². The number of carboxylic acids is 1. The number of methoxy groups -OCH3 is 1. The molecule has 0 radical (unpaired) electrons. The number of sulfonamides is 1. The van der Waals surface area contributed by atoms with Crippen LogP contribution in [-0.2, 0) is 25.3 Å². The molecule has 1 unspecified atom stereocenters. The van der Waals surface area contributed by atoms with Crippen molar-refractivity contribution in [1.29, 1.82) is 0 Å². The minimum Gasteiger partial charge on any atom is -0.479 e. The summed E-state index contributed by atoms with van der Waals surface area (Å²) in [5.41, 5.74) is -1.76. The Bertz CT molecular complexity index is 694. The van der Waals surface area contributed by atoms with Gasteiger partial charge in [-0.2, -0.15) is 4.31 Å². The van der Waals surface area contributed by atoms with E-state index >= 15 is 0 Å². The first-order valence-corrected chi connectivity index (χ1v) is 8.01. The Morgan fingerprint density at radius 2 is 2.14 bits per heavy atom. The van der Waals surface area contributed by atoms with E-state index in [1.165, 1.54) is 7.11 Å². The number of aliphatic carboxylic acids is 1. The van der Waals surface area contributed by atoms with Gasteiger partial charge in [-0.05, 0) is 6.07 Å². The molecule has 9 heteroatoms. The average Bonchev–Trinajstić information content (AvgIpc) is 2.88. The summed E-state index contributed by atoms with van der Waals surface area (Å²) in [6, 6.07) is 2.62. The largest absolute Gasteiger partial charge is 0.479 e. The maximum Gasteiger partial charge on any atom is 0.337 e. The van der Waals surface area contributed by atoms with Crippen LogP contribution in [0, 0.1) is 11.6 Å². The lowest BCUT2D eigenvalue weighted by molar-refractivity contribution is -0.160. The van der Waals surface area contributed by atoms with Crippen molar-refractivity contribution < 1.29 is 31.8 Å². The molecule has 1 saturated heterocycles. The van der Waals surface area contributed by atoms with Crippen molar-refractivity contribution in [1.82, 2.24) is 4.31 Å². The molecule has 0 aromatic heterocycles. The van der Waals surface area contributed by atoms with Gasteiger partial charge >= 0.3 is 5.97 Å². The standard InChI is InChI=1S/C13H15F2NO5S/c1-21-13(12(17)18)4-5-16(8-13)22(19,20)7-9-2-3-10(14)6-11(9)15/h2-3,6H,4-5,7-8H2,1H3,(H,17,18). The first-order valence-electron chi connectivity index (χ1n) is 6.40. The summed E-state index contributed by atoms with van der Waals surface area (Å²) in [6.07, 6.45) is 0.00393. The Hall–Kier alpha value is -1.58. The Morgan fingerprint density at radius 1 is 1.45 bits per heavy atom. The van der Waals surface area contributed by atoms with E-state index in [2.05, 4.69) is 0 Å². The molecule has 1 aliphatic rings. The third kappa shape index (κ3) is 3.11. The minimum absolute atomic E-state index is 0.00393. The number of benzene rings is 1. The molecule has 6 nitrogen and oxygen atoms in total. The number of carbonyl (C=O) groups is 1. The Labute approximate surface area is 126 Å². The zero-order valence-corrected chi connectivity index (χ0v) is 12.6. The Morgan fingerprint density at radius 3 is 2.64 bits per heavy atom. The maximum absolute atomic E-state index is 13.6. The second-order valence-electron chi connectivity index (χ2n) is 5.08. The van der Waals surface area contributed by atoms with Gasteiger partial charge in [0, 0.05) is 31.7 Å². The lowest BCUT2D eigenvalue weighted by Crippen LogP contribution is -2.44. The quantitative estimate of drug-likeness (QED) is 0.867. The molecule has 0 aliphatic carbocycles. The number of nitrogens with zero attached hydrogens (tertiary/aromatic N) is 1. The van der Waals surface area contributed by atoms with Crippen LogP contribution >= 0.6 is 0 Å². The molecule has 1 atom stereocenters. The van der Waals surface area contributed by atoms with E-state index in [9.17, 15) is 22.0 Å². The molecule has 0 spiro atoms. The molecule has 0 saturated carbocycles. The van der Waals surface area contributed by atoms with Crippen LogP contribution in [0.25, 0.3) is 0 Å². The molecule has 0 bridgehead atoms. The third-order valence-corrected chi connectivity index (χ3v) is 5.50. The first-order chi connectivity index (χ1) is 10.2. The highest BCUT2D eigenvalue weighted by Crippen LogP contribution is 2.28. The number of halogens is 2. The van der Waals surface area contributed by atoms with Gasteiger partial charge in [0.1, 0.15) is 11.6 Å². The highest BCUT2D eigenvalue weighted by Gasteiger charge is 2.48. The van der Waals surface area contributed by atoms with Crippen LogP contribution in [0.2, 0.25) is 0 Å². The summed E-state index contributed by atoms with van der Waals surface area (Å²) >= 11 is 0. The number of carboxylic acid groups (broad SMARTS) is 1. The average molecular weight is 335 g/mol. The second kappa shape index (κ2) is 5.90. The van der Waals surface area contributed by atoms with Crippen LogP contribution in [0.4, 0.5) is 8.78 Å². The van der Waals surface area contributed by atoms with Crippen LogP contribution in [-0.4, -0.2) is 49.6 Å². The summed E-state index contributed by atoms with van der Waals surface area (Å²) in [5.74, 6) is -3.68. The second-order valence-corrected chi connectivity index (χ2v) is 7.05. The first kappa shape index (κ1) is 16.8. The SMILES string of the molecule is COC1(C(=O)O)CCN(S(=O)(=O)Cc2ccc(F)cc2F)C1. The van der Waals surface area contributed by atoms with Gasteiger partial charge in [0.25, 0.3) is 0 Å². The molecule has 1 fully saturated rings. The zero-order chi connectivity index (χ0) is 16.5. The van der Waals surface area contributed by atoms with Crippen molar-refractivity contribution in [3.8, 4) is 0 Å². The van der Waals surface area contributed by atoms with Gasteiger partial charge in [-0.25, -0.2) is 22.0 Å². The molecule has 122 valence electrons. The lowest BCUT2D eigenvalue weighted by Gasteiger charge is -2.23. The fraction of sp³-hybridized carbons (Fsp3) is 0.462. The number of rotatable bonds is 5. The highest BCUT2D eigenvalue weighted by atomic mass is 32.2. The summed E-state index contributed by atoms with van der Waals surface area (Å²) in [4.78, 5) is 11.2. The predicted molar refractivity (Wildman–Crippen MR) is 72.5 cm³/mol. The fourth-order valence-electron chi connectivity index (χ4n) is 2.34. The van der Waals surface area contributed by atoms with Crippen molar-refractivity contribution in [3.05, 3.63) is 35.4 Å². The van der Waals surface area contributed by atoms with Crippen molar-refractivity contribution >= 4 is 16.0 Å². The van der Waals surface area contributed by atoms with Gasteiger partial charge in [-0.3, -0.25) is 0 Å². The van der Waals surface area contributed by atoms with E-state index in [4.69, 9.17) is 9.84 Å². The minimum atomic E-state index is -3.94. The van der Waals surface area contributed by atoms with Gasteiger partial charge in [0.05, 0.1) is 12.3 Å². The molecule has 1 aliphatic heterocycles. The zero-order valence-electron chi connectivity index (χ0n) is 11.8. The monoisotopic (exact) mass is 335 g/mol. The van der Waals surface area contributed by atoms with Crippen LogP contribution in [0.5, 0.6) is 0 Å². The summed E-state index contributed by atoms with van der Waals surface area (Å²) in [7, 11) is -2.74. The molecule has 1 aromatic rings. The van der Waals surface area contributed by atoms with E-state index in [0.717, 1.165) is 16.4 Å². The van der Waals surface area contributed by atoms with E-state index < -0.39 is 39.0 Å². The van der Waals surface area contributed by atoms with Crippen molar-refractivity contribution in [2.24, 2.45) is 0 Å². The predicted octanol–water partition coefficient (Wildman–Crippen LogP) is 0.970.